The SMILES string of the molecule is CC[C@@H](NC(=O)[C@@H](C)Oc1cc(C)cc(C)c1)c1ccc(S(C)(=O)=O)cc1. The fourth-order valence-electron chi connectivity index (χ4n) is 2.92. The molecule has 2 atom stereocenters. The summed E-state index contributed by atoms with van der Waals surface area (Å²) in [6, 6.07) is 12.2. The van der Waals surface area contributed by atoms with Crippen LogP contribution >= 0.6 is 0 Å². The molecule has 0 radical (unpaired) electrons. The Morgan fingerprint density at radius 3 is 2.11 bits per heavy atom. The average molecular weight is 390 g/mol. The number of rotatable bonds is 7. The van der Waals surface area contributed by atoms with E-state index in [4.69, 9.17) is 4.74 Å². The largest absolute Gasteiger partial charge is 0.481 e. The number of sulfone groups is 1. The Hall–Kier alpha value is -2.34. The smallest absolute Gasteiger partial charge is 0.261 e. The molecule has 0 saturated carbocycles. The van der Waals surface area contributed by atoms with Crippen molar-refractivity contribution >= 4 is 15.7 Å². The van der Waals surface area contributed by atoms with Gasteiger partial charge < -0.3 is 10.1 Å². The van der Waals surface area contributed by atoms with Gasteiger partial charge in [0.05, 0.1) is 10.9 Å². The number of amides is 1. The topological polar surface area (TPSA) is 72.5 Å². The summed E-state index contributed by atoms with van der Waals surface area (Å²) in [5.74, 6) is 0.453. The molecule has 0 spiro atoms. The van der Waals surface area contributed by atoms with Crippen LogP contribution in [-0.2, 0) is 14.6 Å². The molecule has 1 amide bonds. The predicted octanol–water partition coefficient (Wildman–Crippen LogP) is 3.74. The normalized spacial score (nSPS) is 13.7. The number of carbonyl (C=O) groups is 1. The van der Waals surface area contributed by atoms with E-state index in [1.165, 1.54) is 6.26 Å². The molecule has 27 heavy (non-hydrogen) atoms. The van der Waals surface area contributed by atoms with Gasteiger partial charge in [-0.1, -0.05) is 25.1 Å². The Labute approximate surface area is 161 Å². The zero-order valence-electron chi connectivity index (χ0n) is 16.4. The van der Waals surface area contributed by atoms with Crippen LogP contribution < -0.4 is 10.1 Å². The molecular weight excluding hydrogens is 362 g/mol. The maximum absolute atomic E-state index is 12.6. The van der Waals surface area contributed by atoms with Gasteiger partial charge in [0, 0.05) is 6.26 Å². The molecule has 0 saturated heterocycles. The minimum Gasteiger partial charge on any atom is -0.481 e. The lowest BCUT2D eigenvalue weighted by molar-refractivity contribution is -0.128. The molecule has 0 unspecified atom stereocenters. The lowest BCUT2D eigenvalue weighted by Gasteiger charge is -2.21. The molecule has 0 aliphatic heterocycles. The van der Waals surface area contributed by atoms with Gasteiger partial charge in [0.2, 0.25) is 0 Å². The number of carbonyl (C=O) groups excluding carboxylic acids is 1. The van der Waals surface area contributed by atoms with Crippen LogP contribution in [0.1, 0.15) is 43.0 Å². The van der Waals surface area contributed by atoms with Gasteiger partial charge in [0.15, 0.2) is 15.9 Å². The summed E-state index contributed by atoms with van der Waals surface area (Å²) in [5, 5.41) is 2.98. The zero-order valence-corrected chi connectivity index (χ0v) is 17.3. The van der Waals surface area contributed by atoms with E-state index in [-0.39, 0.29) is 16.8 Å². The van der Waals surface area contributed by atoms with Gasteiger partial charge >= 0.3 is 0 Å². The van der Waals surface area contributed by atoms with Crippen LogP contribution in [0.25, 0.3) is 0 Å². The van der Waals surface area contributed by atoms with E-state index in [1.54, 1.807) is 31.2 Å². The number of hydrogen-bond acceptors (Lipinski definition) is 4. The number of ether oxygens (including phenoxy) is 1. The monoisotopic (exact) mass is 389 g/mol. The van der Waals surface area contributed by atoms with Gasteiger partial charge in [0.1, 0.15) is 5.75 Å². The Kier molecular flexibility index (Phi) is 6.65. The van der Waals surface area contributed by atoms with Crippen molar-refractivity contribution in [3.63, 3.8) is 0 Å². The standard InChI is InChI=1S/C21H27NO4S/c1-6-20(17-7-9-19(10-8-17)27(5,24)25)22-21(23)16(4)26-18-12-14(2)11-15(3)13-18/h7-13,16,20H,6H2,1-5H3,(H,22,23)/t16-,20-/m1/s1. The molecule has 2 aromatic carbocycles. The maximum atomic E-state index is 12.6. The third-order valence-corrected chi connectivity index (χ3v) is 5.44. The van der Waals surface area contributed by atoms with Crippen LogP contribution in [0.5, 0.6) is 5.75 Å². The van der Waals surface area contributed by atoms with E-state index in [2.05, 4.69) is 5.32 Å². The second kappa shape index (κ2) is 8.57. The minimum absolute atomic E-state index is 0.212. The van der Waals surface area contributed by atoms with E-state index in [1.807, 2.05) is 39.0 Å². The second-order valence-corrected chi connectivity index (χ2v) is 8.91. The molecule has 1 N–H and O–H groups in total. The zero-order chi connectivity index (χ0) is 20.2. The molecule has 2 rings (SSSR count). The lowest BCUT2D eigenvalue weighted by atomic mass is 10.0. The first-order valence-electron chi connectivity index (χ1n) is 8.95. The maximum Gasteiger partial charge on any atom is 0.261 e. The fraction of sp³-hybridized carbons (Fsp3) is 0.381. The highest BCUT2D eigenvalue weighted by atomic mass is 32.2. The Bertz CT molecular complexity index is 884. The highest BCUT2D eigenvalue weighted by Crippen LogP contribution is 2.21. The first-order valence-corrected chi connectivity index (χ1v) is 10.8. The summed E-state index contributed by atoms with van der Waals surface area (Å²) < 4.78 is 29.0. The number of nitrogens with one attached hydrogen (secondary N) is 1. The highest BCUT2D eigenvalue weighted by Gasteiger charge is 2.20. The molecule has 6 heteroatoms. The van der Waals surface area contributed by atoms with Gasteiger partial charge in [-0.05, 0) is 68.1 Å². The van der Waals surface area contributed by atoms with Crippen LogP contribution in [0.4, 0.5) is 0 Å². The Morgan fingerprint density at radius 1 is 1.07 bits per heavy atom. The van der Waals surface area contributed by atoms with Gasteiger partial charge in [-0.15, -0.1) is 0 Å². The Balaban J connectivity index is 2.07. The van der Waals surface area contributed by atoms with Gasteiger partial charge in [0.25, 0.3) is 5.91 Å². The molecule has 2 aromatic rings. The van der Waals surface area contributed by atoms with Crippen LogP contribution in [-0.4, -0.2) is 26.7 Å². The van der Waals surface area contributed by atoms with Crippen molar-refractivity contribution in [2.75, 3.05) is 6.26 Å². The summed E-state index contributed by atoms with van der Waals surface area (Å²) in [6.07, 6.45) is 1.21. The van der Waals surface area contributed by atoms with E-state index < -0.39 is 15.9 Å². The van der Waals surface area contributed by atoms with Crippen LogP contribution in [0, 0.1) is 13.8 Å². The number of hydrogen-bond donors (Lipinski definition) is 1. The summed E-state index contributed by atoms with van der Waals surface area (Å²) in [5.41, 5.74) is 3.02. The molecule has 0 aromatic heterocycles. The van der Waals surface area contributed by atoms with Crippen molar-refractivity contribution in [3.8, 4) is 5.75 Å². The molecule has 0 bridgehead atoms. The van der Waals surface area contributed by atoms with E-state index >= 15 is 0 Å². The average Bonchev–Trinajstić information content (AvgIpc) is 2.57. The van der Waals surface area contributed by atoms with Crippen LogP contribution in [0.2, 0.25) is 0 Å². The van der Waals surface area contributed by atoms with E-state index in [9.17, 15) is 13.2 Å². The molecule has 146 valence electrons. The molecule has 0 fully saturated rings. The fourth-order valence-corrected chi connectivity index (χ4v) is 3.55. The van der Waals surface area contributed by atoms with Crippen molar-refractivity contribution in [3.05, 3.63) is 59.2 Å². The third kappa shape index (κ3) is 5.82. The first-order chi connectivity index (χ1) is 12.6. The number of benzene rings is 2. The molecular formula is C21H27NO4S. The predicted molar refractivity (Wildman–Crippen MR) is 107 cm³/mol. The van der Waals surface area contributed by atoms with Gasteiger partial charge in [-0.2, -0.15) is 0 Å². The minimum atomic E-state index is -3.24. The summed E-state index contributed by atoms with van der Waals surface area (Å²) >= 11 is 0. The molecule has 5 nitrogen and oxygen atoms in total. The molecule has 0 heterocycles. The lowest BCUT2D eigenvalue weighted by Crippen LogP contribution is -2.38. The summed E-state index contributed by atoms with van der Waals surface area (Å²) in [7, 11) is -3.24. The van der Waals surface area contributed by atoms with Crippen molar-refractivity contribution in [1.82, 2.24) is 5.32 Å². The van der Waals surface area contributed by atoms with E-state index in [0.717, 1.165) is 16.7 Å². The quantitative estimate of drug-likeness (QED) is 0.783. The van der Waals surface area contributed by atoms with Crippen molar-refractivity contribution < 1.29 is 17.9 Å². The van der Waals surface area contributed by atoms with Crippen LogP contribution in [0.3, 0.4) is 0 Å². The summed E-state index contributed by atoms with van der Waals surface area (Å²) in [6.45, 7) is 7.65. The Morgan fingerprint density at radius 2 is 1.63 bits per heavy atom. The second-order valence-electron chi connectivity index (χ2n) is 6.89. The van der Waals surface area contributed by atoms with Gasteiger partial charge in [-0.3, -0.25) is 4.79 Å². The molecule has 0 aliphatic carbocycles. The van der Waals surface area contributed by atoms with Crippen molar-refractivity contribution in [2.45, 2.75) is 51.2 Å². The van der Waals surface area contributed by atoms with Gasteiger partial charge in [-0.25, -0.2) is 8.42 Å². The van der Waals surface area contributed by atoms with Crippen molar-refractivity contribution in [1.29, 1.82) is 0 Å². The third-order valence-electron chi connectivity index (χ3n) is 4.31. The first kappa shape index (κ1) is 21.0. The molecule has 0 aliphatic rings. The van der Waals surface area contributed by atoms with E-state index in [0.29, 0.717) is 12.2 Å². The van der Waals surface area contributed by atoms with Crippen molar-refractivity contribution in [2.24, 2.45) is 0 Å². The summed E-state index contributed by atoms with van der Waals surface area (Å²) in [4.78, 5) is 12.8. The van der Waals surface area contributed by atoms with Crippen LogP contribution in [0.15, 0.2) is 47.4 Å². The number of aryl methyl sites for hydroxylation is 2. The highest BCUT2D eigenvalue weighted by molar-refractivity contribution is 7.90.